The van der Waals surface area contributed by atoms with Crippen molar-refractivity contribution in [3.63, 3.8) is 0 Å². The minimum absolute atomic E-state index is 0. The molecule has 0 radical (unpaired) electrons. The number of methoxy groups -OCH3 is 1. The number of aromatic hydroxyl groups is 1. The topological polar surface area (TPSA) is 102 Å². The number of benzene rings is 3. The van der Waals surface area contributed by atoms with E-state index in [1.807, 2.05) is 12.1 Å². The van der Waals surface area contributed by atoms with Crippen LogP contribution in [0.4, 0.5) is 0 Å². The first-order valence-corrected chi connectivity index (χ1v) is 22.1. The summed E-state index contributed by atoms with van der Waals surface area (Å²) in [6.07, 6.45) is 0. The summed E-state index contributed by atoms with van der Waals surface area (Å²) in [5, 5.41) is 14.9. The average Bonchev–Trinajstić information content (AvgIpc) is 3.22. The number of fused-ring (bicyclic) bond motifs is 3. The normalized spacial score (nSPS) is 14.2. The molecule has 2 aliphatic rings. The predicted molar refractivity (Wildman–Crippen MR) is 256 cm³/mol. The Morgan fingerprint density at radius 1 is 0.574 bits per heavy atom. The Kier molecular flexibility index (Phi) is 21.6. The zero-order chi connectivity index (χ0) is 43.3. The molecule has 330 valence electrons. The summed E-state index contributed by atoms with van der Waals surface area (Å²) in [4.78, 5) is 16.9. The minimum atomic E-state index is -0.0370. The largest absolute Gasteiger partial charge is 0.506 e. The van der Waals surface area contributed by atoms with E-state index < -0.39 is 0 Å². The Balaban J connectivity index is 0.000000186. The van der Waals surface area contributed by atoms with Crippen molar-refractivity contribution < 1.29 is 24.1 Å². The predicted octanol–water partition coefficient (Wildman–Crippen LogP) is 13.2. The van der Waals surface area contributed by atoms with Crippen molar-refractivity contribution in [3.05, 3.63) is 100 Å². The van der Waals surface area contributed by atoms with Gasteiger partial charge in [0, 0.05) is 61.3 Å². The molecule has 8 rings (SSSR count). The number of alkyl halides is 1. The molecule has 5 heterocycles. The molecule has 0 spiro atoms. The van der Waals surface area contributed by atoms with Gasteiger partial charge in [0.25, 0.3) is 0 Å². The number of phenolic OH excluding ortho intramolecular Hbond substituents is 1. The van der Waals surface area contributed by atoms with Crippen LogP contribution in [-0.2, 0) is 9.47 Å². The molecule has 0 amide bonds. The number of halogens is 10. The molecule has 20 heteroatoms. The van der Waals surface area contributed by atoms with Gasteiger partial charge in [-0.25, -0.2) is 15.0 Å². The standard InChI is InChI=1S/C15H15Cl3N2O2.C10H6Cl3NO.C9H4Cl3NO.C6H12ClNO.CH4/c16-11-9-13(17)19-15-10(11)1-2-12(14(15)18)22-8-5-20-3-6-21-7-4-20;1-15-7-3-2-5-6(11)4-8(12)14-10(5)9(7)13;10-5-3-7(11)13-9-4(5)1-2-6(14)8(9)12;7-1-2-8-3-5-9-6-4-8;/h1-2,9H,3-8H2;2-4H,1H3;1-3,14H;1-6H2;1H4. The van der Waals surface area contributed by atoms with Gasteiger partial charge in [0.1, 0.15) is 54.4 Å². The van der Waals surface area contributed by atoms with E-state index >= 15 is 0 Å². The molecule has 0 saturated carbocycles. The highest BCUT2D eigenvalue weighted by atomic mass is 35.5. The molecule has 0 atom stereocenters. The fraction of sp³-hybridized carbons (Fsp3) is 0.341. The highest BCUT2D eigenvalue weighted by Gasteiger charge is 2.15. The lowest BCUT2D eigenvalue weighted by Gasteiger charge is -2.26. The maximum Gasteiger partial charge on any atom is 0.140 e. The molecule has 3 aromatic heterocycles. The Morgan fingerprint density at radius 2 is 0.967 bits per heavy atom. The van der Waals surface area contributed by atoms with Crippen LogP contribution < -0.4 is 9.47 Å². The first-order valence-electron chi connectivity index (χ1n) is 18.2. The molecule has 0 bridgehead atoms. The van der Waals surface area contributed by atoms with Crippen LogP contribution in [0.1, 0.15) is 7.43 Å². The van der Waals surface area contributed by atoms with E-state index in [0.717, 1.165) is 82.3 Å². The summed E-state index contributed by atoms with van der Waals surface area (Å²) in [6.45, 7) is 9.65. The molecule has 2 saturated heterocycles. The molecule has 61 heavy (non-hydrogen) atoms. The van der Waals surface area contributed by atoms with Gasteiger partial charge in [-0.2, -0.15) is 0 Å². The van der Waals surface area contributed by atoms with Gasteiger partial charge in [-0.05, 0) is 54.6 Å². The molecule has 3 aromatic carbocycles. The fourth-order valence-corrected chi connectivity index (χ4v) is 8.35. The van der Waals surface area contributed by atoms with Crippen LogP contribution in [0.3, 0.4) is 0 Å². The lowest BCUT2D eigenvalue weighted by Crippen LogP contribution is -2.38. The Bertz CT molecular complexity index is 2390. The lowest BCUT2D eigenvalue weighted by atomic mass is 10.2. The molecule has 6 aromatic rings. The highest BCUT2D eigenvalue weighted by molar-refractivity contribution is 6.43. The van der Waals surface area contributed by atoms with Gasteiger partial charge in [-0.3, -0.25) is 9.80 Å². The summed E-state index contributed by atoms with van der Waals surface area (Å²) >= 11 is 59.4. The summed E-state index contributed by atoms with van der Waals surface area (Å²) < 4.78 is 21.3. The minimum Gasteiger partial charge on any atom is -0.506 e. The lowest BCUT2D eigenvalue weighted by molar-refractivity contribution is 0.0322. The van der Waals surface area contributed by atoms with Crippen molar-refractivity contribution >= 4 is 149 Å². The molecule has 0 aliphatic carbocycles. The van der Waals surface area contributed by atoms with Crippen LogP contribution in [0.5, 0.6) is 17.2 Å². The third kappa shape index (κ3) is 14.5. The van der Waals surface area contributed by atoms with Crippen LogP contribution in [0.2, 0.25) is 45.6 Å². The first-order chi connectivity index (χ1) is 28.8. The molecule has 2 aliphatic heterocycles. The van der Waals surface area contributed by atoms with Gasteiger partial charge in [-0.1, -0.05) is 112 Å². The van der Waals surface area contributed by atoms with E-state index in [2.05, 4.69) is 24.8 Å². The molecule has 2 fully saturated rings. The van der Waals surface area contributed by atoms with Crippen molar-refractivity contribution in [2.75, 3.05) is 85.3 Å². The van der Waals surface area contributed by atoms with Crippen molar-refractivity contribution in [3.8, 4) is 17.2 Å². The summed E-state index contributed by atoms with van der Waals surface area (Å²) in [7, 11) is 1.54. The number of hydrogen-bond donors (Lipinski definition) is 1. The van der Waals surface area contributed by atoms with Crippen LogP contribution in [-0.4, -0.2) is 115 Å². The second-order valence-electron chi connectivity index (χ2n) is 12.8. The smallest absolute Gasteiger partial charge is 0.140 e. The monoisotopic (exact) mass is 1030 g/mol. The molecular weight excluding hydrogens is 997 g/mol. The van der Waals surface area contributed by atoms with E-state index in [4.69, 9.17) is 135 Å². The van der Waals surface area contributed by atoms with Crippen LogP contribution in [0, 0.1) is 0 Å². The first kappa shape index (κ1) is 51.7. The number of hydrogen-bond acceptors (Lipinski definition) is 10. The zero-order valence-corrected chi connectivity index (χ0v) is 39.3. The number of ether oxygens (including phenoxy) is 4. The summed E-state index contributed by atoms with van der Waals surface area (Å²) in [5.41, 5.74) is 1.51. The average molecular weight is 1040 g/mol. The van der Waals surface area contributed by atoms with Gasteiger partial charge in [0.2, 0.25) is 0 Å². The van der Waals surface area contributed by atoms with E-state index in [9.17, 15) is 5.11 Å². The fourth-order valence-electron chi connectivity index (χ4n) is 5.84. The summed E-state index contributed by atoms with van der Waals surface area (Å²) in [5.74, 6) is 1.84. The van der Waals surface area contributed by atoms with E-state index in [1.54, 1.807) is 37.4 Å². The molecule has 1 N–H and O–H groups in total. The number of morpholine rings is 2. The molecule has 10 nitrogen and oxygen atoms in total. The van der Waals surface area contributed by atoms with Crippen LogP contribution in [0.25, 0.3) is 32.7 Å². The van der Waals surface area contributed by atoms with Gasteiger partial charge in [-0.15, -0.1) is 11.6 Å². The third-order valence-corrected chi connectivity index (χ3v) is 11.7. The number of phenols is 1. The van der Waals surface area contributed by atoms with E-state index in [0.29, 0.717) is 75.5 Å². The van der Waals surface area contributed by atoms with Crippen molar-refractivity contribution in [1.82, 2.24) is 24.8 Å². The van der Waals surface area contributed by atoms with Gasteiger partial charge in [0.05, 0.1) is 65.2 Å². The van der Waals surface area contributed by atoms with Crippen molar-refractivity contribution in [2.45, 2.75) is 7.43 Å². The molecular formula is C41H41Cl10N5O5. The van der Waals surface area contributed by atoms with Gasteiger partial charge < -0.3 is 24.1 Å². The Hall–Kier alpha value is -1.97. The quantitative estimate of drug-likeness (QED) is 0.123. The van der Waals surface area contributed by atoms with Crippen LogP contribution >= 0.6 is 116 Å². The van der Waals surface area contributed by atoms with Crippen molar-refractivity contribution in [2.24, 2.45) is 0 Å². The number of rotatable bonds is 7. The van der Waals surface area contributed by atoms with Gasteiger partial charge in [0.15, 0.2) is 0 Å². The van der Waals surface area contributed by atoms with E-state index in [-0.39, 0.29) is 23.4 Å². The number of nitrogens with zero attached hydrogens (tertiary/aromatic N) is 5. The highest BCUT2D eigenvalue weighted by Crippen LogP contribution is 2.38. The number of aromatic nitrogens is 3. The Labute approximate surface area is 404 Å². The SMILES string of the molecule is C.COc1ccc2c(Cl)cc(Cl)nc2c1Cl.ClCCN1CCOCC1.Clc1cc(Cl)c2ccc(OCCN3CCOCC3)c(Cl)c2n1.Oc1ccc2c(Cl)cc(Cl)nc2c1Cl. The second-order valence-corrected chi connectivity index (χ2v) is 16.7. The maximum atomic E-state index is 9.34. The maximum absolute atomic E-state index is 9.34. The molecule has 0 unspecified atom stereocenters. The number of pyridine rings is 3. The van der Waals surface area contributed by atoms with E-state index in [1.165, 1.54) is 12.1 Å². The Morgan fingerprint density at radius 3 is 1.41 bits per heavy atom. The van der Waals surface area contributed by atoms with Crippen LogP contribution in [0.15, 0.2) is 54.6 Å². The second kappa shape index (κ2) is 25.5. The third-order valence-electron chi connectivity index (χ3n) is 8.92. The van der Waals surface area contributed by atoms with Crippen molar-refractivity contribution in [1.29, 1.82) is 0 Å². The summed E-state index contributed by atoms with van der Waals surface area (Å²) in [6, 6.07) is 15.0. The zero-order valence-electron chi connectivity index (χ0n) is 31.8. The van der Waals surface area contributed by atoms with Gasteiger partial charge >= 0.3 is 0 Å².